The molecule has 1 N–H and O–H groups in total. The van der Waals surface area contributed by atoms with Crippen LogP contribution in [0.2, 0.25) is 0 Å². The molecule has 31 heavy (non-hydrogen) atoms. The normalized spacial score (nSPS) is 15.7. The molecule has 0 bridgehead atoms. The maximum atomic E-state index is 13.2. The Hall–Kier alpha value is -3.33. The van der Waals surface area contributed by atoms with Crippen LogP contribution in [0.3, 0.4) is 0 Å². The molecular formula is C22H22FN5O2S. The number of amides is 2. The van der Waals surface area contributed by atoms with Crippen molar-refractivity contribution in [2.75, 3.05) is 30.9 Å². The summed E-state index contributed by atoms with van der Waals surface area (Å²) in [6, 6.07) is 12.8. The Morgan fingerprint density at radius 3 is 2.68 bits per heavy atom. The second-order valence-corrected chi connectivity index (χ2v) is 8.52. The highest BCUT2D eigenvalue weighted by Crippen LogP contribution is 2.35. The molecule has 0 radical (unpaired) electrons. The number of hydrogen-bond acceptors (Lipinski definition) is 6. The zero-order valence-corrected chi connectivity index (χ0v) is 18.0. The van der Waals surface area contributed by atoms with E-state index >= 15 is 0 Å². The van der Waals surface area contributed by atoms with E-state index in [9.17, 15) is 14.0 Å². The second-order valence-electron chi connectivity index (χ2n) is 7.51. The SMILES string of the molecule is CN(C)c1cccc(C(=O)N2CCC[C@H]2c2nnc(C(=O)Nc3ccc(F)cc3)s2)c1. The monoisotopic (exact) mass is 439 g/mol. The topological polar surface area (TPSA) is 78.4 Å². The van der Waals surface area contributed by atoms with Crippen LogP contribution in [0.1, 0.15) is 44.1 Å². The van der Waals surface area contributed by atoms with E-state index in [1.54, 1.807) is 4.90 Å². The smallest absolute Gasteiger partial charge is 0.286 e. The van der Waals surface area contributed by atoms with Crippen molar-refractivity contribution < 1.29 is 14.0 Å². The largest absolute Gasteiger partial charge is 0.378 e. The fourth-order valence-corrected chi connectivity index (χ4v) is 4.41. The molecule has 2 heterocycles. The number of likely N-dealkylation sites (tertiary alicyclic amines) is 1. The summed E-state index contributed by atoms with van der Waals surface area (Å²) in [6.45, 7) is 0.631. The maximum absolute atomic E-state index is 13.2. The fourth-order valence-electron chi connectivity index (χ4n) is 3.53. The molecule has 0 saturated carbocycles. The molecule has 7 nitrogen and oxygen atoms in total. The average Bonchev–Trinajstić information content (AvgIpc) is 3.44. The Bertz CT molecular complexity index is 1100. The van der Waals surface area contributed by atoms with Gasteiger partial charge in [0.25, 0.3) is 11.8 Å². The van der Waals surface area contributed by atoms with Crippen LogP contribution in [0.15, 0.2) is 48.5 Å². The maximum Gasteiger partial charge on any atom is 0.286 e. The highest BCUT2D eigenvalue weighted by atomic mass is 32.1. The van der Waals surface area contributed by atoms with Gasteiger partial charge in [-0.25, -0.2) is 4.39 Å². The van der Waals surface area contributed by atoms with Gasteiger partial charge in [0.05, 0.1) is 6.04 Å². The van der Waals surface area contributed by atoms with Crippen LogP contribution >= 0.6 is 11.3 Å². The summed E-state index contributed by atoms with van der Waals surface area (Å²) in [6.07, 6.45) is 1.63. The number of hydrogen-bond donors (Lipinski definition) is 1. The van der Waals surface area contributed by atoms with E-state index in [1.807, 2.05) is 43.3 Å². The molecule has 2 aromatic carbocycles. The average molecular weight is 440 g/mol. The lowest BCUT2D eigenvalue weighted by atomic mass is 10.1. The lowest BCUT2D eigenvalue weighted by Crippen LogP contribution is -2.30. The van der Waals surface area contributed by atoms with Gasteiger partial charge < -0.3 is 15.1 Å². The lowest BCUT2D eigenvalue weighted by Gasteiger charge is -2.23. The minimum absolute atomic E-state index is 0.0567. The van der Waals surface area contributed by atoms with Crippen LogP contribution in [0.4, 0.5) is 15.8 Å². The third-order valence-corrected chi connectivity index (χ3v) is 6.17. The van der Waals surface area contributed by atoms with Crippen LogP contribution in [-0.4, -0.2) is 47.6 Å². The molecule has 1 aliphatic heterocycles. The van der Waals surface area contributed by atoms with Crippen molar-refractivity contribution in [2.45, 2.75) is 18.9 Å². The van der Waals surface area contributed by atoms with Crippen molar-refractivity contribution in [1.82, 2.24) is 15.1 Å². The van der Waals surface area contributed by atoms with Gasteiger partial charge in [0.1, 0.15) is 10.8 Å². The first kappa shape index (κ1) is 20.9. The molecule has 1 saturated heterocycles. The molecule has 0 aliphatic carbocycles. The van der Waals surface area contributed by atoms with Crippen molar-refractivity contribution >= 4 is 34.5 Å². The van der Waals surface area contributed by atoms with E-state index in [2.05, 4.69) is 15.5 Å². The van der Waals surface area contributed by atoms with Crippen LogP contribution in [0, 0.1) is 5.82 Å². The molecule has 0 unspecified atom stereocenters. The van der Waals surface area contributed by atoms with E-state index in [-0.39, 0.29) is 22.8 Å². The predicted molar refractivity (Wildman–Crippen MR) is 118 cm³/mol. The minimum Gasteiger partial charge on any atom is -0.378 e. The first-order chi connectivity index (χ1) is 14.9. The number of halogens is 1. The summed E-state index contributed by atoms with van der Waals surface area (Å²) in [7, 11) is 3.87. The van der Waals surface area contributed by atoms with Crippen molar-refractivity contribution in [1.29, 1.82) is 0 Å². The van der Waals surface area contributed by atoms with Gasteiger partial charge in [-0.15, -0.1) is 10.2 Å². The Morgan fingerprint density at radius 1 is 1.16 bits per heavy atom. The summed E-state index contributed by atoms with van der Waals surface area (Å²) in [5, 5.41) is 11.7. The molecule has 0 spiro atoms. The standard InChI is InChI=1S/C22H22FN5O2S/c1-27(2)17-6-3-5-14(13-17)22(30)28-12-4-7-18(28)20-25-26-21(31-20)19(29)24-16-10-8-15(23)9-11-16/h3,5-6,8-11,13,18H,4,7,12H2,1-2H3,(H,24,29)/t18-/m0/s1. The molecule has 2 amide bonds. The third-order valence-electron chi connectivity index (χ3n) is 5.15. The predicted octanol–water partition coefficient (Wildman–Crippen LogP) is 3.97. The van der Waals surface area contributed by atoms with Crippen LogP contribution in [0.25, 0.3) is 0 Å². The highest BCUT2D eigenvalue weighted by molar-refractivity contribution is 7.13. The van der Waals surface area contributed by atoms with Crippen molar-refractivity contribution in [3.63, 3.8) is 0 Å². The summed E-state index contributed by atoms with van der Waals surface area (Å²) >= 11 is 1.17. The third kappa shape index (κ3) is 4.56. The number of nitrogens with one attached hydrogen (secondary N) is 1. The summed E-state index contributed by atoms with van der Waals surface area (Å²) < 4.78 is 13.0. The minimum atomic E-state index is -0.412. The van der Waals surface area contributed by atoms with E-state index in [1.165, 1.54) is 35.6 Å². The van der Waals surface area contributed by atoms with Gasteiger partial charge in [-0.2, -0.15) is 0 Å². The fraction of sp³-hybridized carbons (Fsp3) is 0.273. The Balaban J connectivity index is 1.50. The summed E-state index contributed by atoms with van der Waals surface area (Å²) in [5.74, 6) is -0.845. The number of anilines is 2. The molecule has 160 valence electrons. The highest BCUT2D eigenvalue weighted by Gasteiger charge is 2.33. The number of rotatable bonds is 5. The Kier molecular flexibility index (Phi) is 5.94. The van der Waals surface area contributed by atoms with Gasteiger partial charge in [-0.1, -0.05) is 17.4 Å². The van der Waals surface area contributed by atoms with E-state index in [0.29, 0.717) is 22.8 Å². The molecular weight excluding hydrogens is 417 g/mol. The van der Waals surface area contributed by atoms with Crippen molar-refractivity contribution in [3.05, 3.63) is 69.9 Å². The van der Waals surface area contributed by atoms with Gasteiger partial charge >= 0.3 is 0 Å². The van der Waals surface area contributed by atoms with Crippen LogP contribution in [0.5, 0.6) is 0 Å². The Labute approximate surface area is 183 Å². The first-order valence-corrected chi connectivity index (χ1v) is 10.7. The summed E-state index contributed by atoms with van der Waals surface area (Å²) in [5.41, 5.74) is 2.05. The molecule has 1 aliphatic rings. The molecule has 9 heteroatoms. The van der Waals surface area contributed by atoms with Crippen molar-refractivity contribution in [3.8, 4) is 0 Å². The van der Waals surface area contributed by atoms with E-state index in [4.69, 9.17) is 0 Å². The van der Waals surface area contributed by atoms with Gasteiger partial charge in [-0.3, -0.25) is 9.59 Å². The Morgan fingerprint density at radius 2 is 1.94 bits per heavy atom. The number of benzene rings is 2. The van der Waals surface area contributed by atoms with E-state index < -0.39 is 5.91 Å². The summed E-state index contributed by atoms with van der Waals surface area (Å²) in [4.78, 5) is 29.4. The number of aromatic nitrogens is 2. The molecule has 4 rings (SSSR count). The first-order valence-electron chi connectivity index (χ1n) is 9.91. The number of carbonyl (C=O) groups is 2. The second kappa shape index (κ2) is 8.81. The van der Waals surface area contributed by atoms with Crippen molar-refractivity contribution in [2.24, 2.45) is 0 Å². The number of carbonyl (C=O) groups excluding carboxylic acids is 2. The van der Waals surface area contributed by atoms with Gasteiger partial charge in [-0.05, 0) is 55.3 Å². The molecule has 3 aromatic rings. The zero-order valence-electron chi connectivity index (χ0n) is 17.2. The van der Waals surface area contributed by atoms with Gasteiger partial charge in [0, 0.05) is 37.6 Å². The number of nitrogens with zero attached hydrogens (tertiary/aromatic N) is 4. The van der Waals surface area contributed by atoms with Gasteiger partial charge in [0.2, 0.25) is 5.01 Å². The molecule has 1 fully saturated rings. The van der Waals surface area contributed by atoms with E-state index in [0.717, 1.165) is 18.5 Å². The quantitative estimate of drug-likeness (QED) is 0.651. The van der Waals surface area contributed by atoms with Crippen LogP contribution < -0.4 is 10.2 Å². The van der Waals surface area contributed by atoms with Gasteiger partial charge in [0.15, 0.2) is 0 Å². The lowest BCUT2D eigenvalue weighted by molar-refractivity contribution is 0.0735. The molecule has 1 aromatic heterocycles. The molecule has 1 atom stereocenters. The van der Waals surface area contributed by atoms with Crippen LogP contribution in [-0.2, 0) is 0 Å². The zero-order chi connectivity index (χ0) is 22.0.